The summed E-state index contributed by atoms with van der Waals surface area (Å²) in [6.07, 6.45) is 7.40. The second kappa shape index (κ2) is 5.38. The predicted octanol–water partition coefficient (Wildman–Crippen LogP) is 2.09. The van der Waals surface area contributed by atoms with Gasteiger partial charge in [0.25, 0.3) is 0 Å². The Hall–Kier alpha value is -1.47. The molecule has 21 heavy (non-hydrogen) atoms. The molecule has 2 heterocycles. The van der Waals surface area contributed by atoms with Crippen molar-refractivity contribution in [2.45, 2.75) is 31.3 Å². The number of rotatable bonds is 2. The van der Waals surface area contributed by atoms with Crippen LogP contribution in [0.15, 0.2) is 27.9 Å². The van der Waals surface area contributed by atoms with Crippen molar-refractivity contribution in [3.8, 4) is 0 Å². The highest BCUT2D eigenvalue weighted by Crippen LogP contribution is 2.43. The molecule has 1 atom stereocenters. The molecular formula is C14H17BrFN5. The third-order valence-electron chi connectivity index (χ3n) is 4.22. The summed E-state index contributed by atoms with van der Waals surface area (Å²) in [7, 11) is 0. The van der Waals surface area contributed by atoms with E-state index in [9.17, 15) is 4.39 Å². The highest BCUT2D eigenvalue weighted by Gasteiger charge is 2.42. The Kier molecular flexibility index (Phi) is 3.71. The number of guanidine groups is 1. The zero-order valence-electron chi connectivity index (χ0n) is 11.4. The van der Waals surface area contributed by atoms with Crippen LogP contribution in [-0.4, -0.2) is 16.6 Å². The van der Waals surface area contributed by atoms with E-state index >= 15 is 0 Å². The van der Waals surface area contributed by atoms with E-state index in [2.05, 4.69) is 31.2 Å². The molecule has 5 N–H and O–H groups in total. The Morgan fingerprint density at radius 2 is 2.10 bits per heavy atom. The molecule has 0 radical (unpaired) electrons. The molecule has 0 spiro atoms. The van der Waals surface area contributed by atoms with Gasteiger partial charge in [-0.2, -0.15) is 4.39 Å². The first-order valence-electron chi connectivity index (χ1n) is 6.94. The molecule has 1 aliphatic carbocycles. The van der Waals surface area contributed by atoms with Gasteiger partial charge in [0.15, 0.2) is 5.96 Å². The van der Waals surface area contributed by atoms with Gasteiger partial charge in [0, 0.05) is 29.5 Å². The van der Waals surface area contributed by atoms with E-state index in [1.54, 1.807) is 12.3 Å². The lowest BCUT2D eigenvalue weighted by molar-refractivity contribution is 0.360. The van der Waals surface area contributed by atoms with Crippen LogP contribution in [0.4, 0.5) is 4.39 Å². The van der Waals surface area contributed by atoms with Crippen molar-refractivity contribution in [3.63, 3.8) is 0 Å². The molecular weight excluding hydrogens is 337 g/mol. The first-order valence-corrected chi connectivity index (χ1v) is 7.73. The second-order valence-corrected chi connectivity index (χ2v) is 6.26. The Labute approximate surface area is 130 Å². The smallest absolute Gasteiger partial charge is 0.227 e. The van der Waals surface area contributed by atoms with Crippen molar-refractivity contribution in [3.05, 3.63) is 34.4 Å². The highest BCUT2D eigenvalue weighted by molar-refractivity contribution is 9.10. The van der Waals surface area contributed by atoms with Crippen LogP contribution in [0.2, 0.25) is 0 Å². The molecule has 1 aromatic heterocycles. The maximum atomic E-state index is 13.7. The summed E-state index contributed by atoms with van der Waals surface area (Å²) in [5.41, 5.74) is 12.9. The summed E-state index contributed by atoms with van der Waals surface area (Å²) < 4.78 is 14.0. The molecule has 1 aromatic rings. The third-order valence-corrected chi connectivity index (χ3v) is 4.97. The monoisotopic (exact) mass is 353 g/mol. The van der Waals surface area contributed by atoms with E-state index in [0.717, 1.165) is 31.3 Å². The van der Waals surface area contributed by atoms with Crippen molar-refractivity contribution >= 4 is 27.5 Å². The van der Waals surface area contributed by atoms with Crippen LogP contribution in [0.5, 0.6) is 0 Å². The lowest BCUT2D eigenvalue weighted by Crippen LogP contribution is -2.51. The summed E-state index contributed by atoms with van der Waals surface area (Å²) >= 11 is 3.25. The molecule has 0 saturated heterocycles. The van der Waals surface area contributed by atoms with Crippen LogP contribution in [0.25, 0.3) is 5.57 Å². The minimum absolute atomic E-state index is 0.201. The second-order valence-electron chi connectivity index (χ2n) is 5.47. The highest BCUT2D eigenvalue weighted by atomic mass is 79.9. The fourth-order valence-corrected chi connectivity index (χ4v) is 3.60. The largest absolute Gasteiger partial charge is 0.370 e. The summed E-state index contributed by atoms with van der Waals surface area (Å²) in [4.78, 5) is 8.09. The predicted molar refractivity (Wildman–Crippen MR) is 83.5 cm³/mol. The number of halogens is 2. The van der Waals surface area contributed by atoms with Crippen LogP contribution in [0.1, 0.15) is 31.2 Å². The van der Waals surface area contributed by atoms with E-state index in [4.69, 9.17) is 11.5 Å². The van der Waals surface area contributed by atoms with E-state index in [-0.39, 0.29) is 5.92 Å². The van der Waals surface area contributed by atoms with Crippen molar-refractivity contribution in [2.75, 3.05) is 0 Å². The molecule has 1 fully saturated rings. The molecule has 112 valence electrons. The first-order chi connectivity index (χ1) is 10.0. The Morgan fingerprint density at radius 3 is 2.81 bits per heavy atom. The molecule has 7 heteroatoms. The van der Waals surface area contributed by atoms with Crippen molar-refractivity contribution < 1.29 is 4.39 Å². The first kappa shape index (κ1) is 14.5. The SMILES string of the molecule is NC1=NC(N)(C2CCCC2)C(c2ccnc(F)c2Br)=CN1. The Bertz CT molecular complexity index is 624. The number of hydrogen-bond donors (Lipinski definition) is 3. The molecule has 1 unspecified atom stereocenters. The maximum absolute atomic E-state index is 13.7. The van der Waals surface area contributed by atoms with Crippen molar-refractivity contribution in [1.29, 1.82) is 0 Å². The number of nitrogens with zero attached hydrogens (tertiary/aromatic N) is 2. The van der Waals surface area contributed by atoms with Gasteiger partial charge >= 0.3 is 0 Å². The molecule has 0 bridgehead atoms. The zero-order valence-corrected chi connectivity index (χ0v) is 13.0. The quantitative estimate of drug-likeness (QED) is 0.710. The summed E-state index contributed by atoms with van der Waals surface area (Å²) in [6, 6.07) is 1.73. The fraction of sp³-hybridized carbons (Fsp3) is 0.429. The molecule has 5 nitrogen and oxygen atoms in total. The standard InChI is InChI=1S/C14H17BrFN5/c15-11-9(5-6-19-12(11)16)10-7-20-13(17)21-14(10,18)8-3-1-2-4-8/h5-8H,1-4,18H2,(H3,17,20,21). The van der Waals surface area contributed by atoms with Crippen LogP contribution in [-0.2, 0) is 0 Å². The average molecular weight is 354 g/mol. The number of nitrogens with one attached hydrogen (secondary N) is 1. The Balaban J connectivity index is 2.09. The van der Waals surface area contributed by atoms with E-state index in [0.29, 0.717) is 16.0 Å². The molecule has 0 amide bonds. The molecule has 1 saturated carbocycles. The number of pyridine rings is 1. The van der Waals surface area contributed by atoms with Gasteiger partial charge in [-0.15, -0.1) is 0 Å². The topological polar surface area (TPSA) is 89.3 Å². The van der Waals surface area contributed by atoms with Crippen LogP contribution in [0.3, 0.4) is 0 Å². The summed E-state index contributed by atoms with van der Waals surface area (Å²) in [6.45, 7) is 0. The fourth-order valence-electron chi connectivity index (χ4n) is 3.15. The number of hydrogen-bond acceptors (Lipinski definition) is 5. The van der Waals surface area contributed by atoms with Crippen molar-refractivity contribution in [2.24, 2.45) is 22.4 Å². The summed E-state index contributed by atoms with van der Waals surface area (Å²) in [5, 5.41) is 2.88. The average Bonchev–Trinajstić information content (AvgIpc) is 2.97. The third kappa shape index (κ3) is 2.44. The zero-order chi connectivity index (χ0) is 15.0. The number of aliphatic imine (C=N–C) groups is 1. The van der Waals surface area contributed by atoms with Gasteiger partial charge in [0.05, 0.1) is 4.47 Å². The molecule has 0 aromatic carbocycles. The van der Waals surface area contributed by atoms with Gasteiger partial charge in [-0.1, -0.05) is 12.8 Å². The van der Waals surface area contributed by atoms with Gasteiger partial charge in [0.1, 0.15) is 5.66 Å². The van der Waals surface area contributed by atoms with E-state index < -0.39 is 11.6 Å². The maximum Gasteiger partial charge on any atom is 0.227 e. The van der Waals surface area contributed by atoms with Gasteiger partial charge in [0.2, 0.25) is 5.95 Å². The lowest BCUT2D eigenvalue weighted by Gasteiger charge is -2.37. The number of nitrogens with two attached hydrogens (primary N) is 2. The van der Waals surface area contributed by atoms with Crippen molar-refractivity contribution in [1.82, 2.24) is 10.3 Å². The van der Waals surface area contributed by atoms with Gasteiger partial charge in [-0.25, -0.2) is 9.98 Å². The lowest BCUT2D eigenvalue weighted by atomic mass is 9.82. The van der Waals surface area contributed by atoms with E-state index in [1.165, 1.54) is 6.20 Å². The van der Waals surface area contributed by atoms with Crippen LogP contribution < -0.4 is 16.8 Å². The molecule has 3 rings (SSSR count). The van der Waals surface area contributed by atoms with Crippen LogP contribution >= 0.6 is 15.9 Å². The normalized spacial score (nSPS) is 26.2. The number of aromatic nitrogens is 1. The summed E-state index contributed by atoms with van der Waals surface area (Å²) in [5.74, 6) is -0.0731. The Morgan fingerprint density at radius 1 is 1.38 bits per heavy atom. The minimum Gasteiger partial charge on any atom is -0.370 e. The minimum atomic E-state index is -0.928. The van der Waals surface area contributed by atoms with Gasteiger partial charge < -0.3 is 16.8 Å². The molecule has 1 aliphatic heterocycles. The van der Waals surface area contributed by atoms with Crippen LogP contribution in [0, 0.1) is 11.9 Å². The molecule has 2 aliphatic rings. The van der Waals surface area contributed by atoms with Gasteiger partial charge in [-0.3, -0.25) is 0 Å². The van der Waals surface area contributed by atoms with E-state index in [1.807, 2.05) is 0 Å². The van der Waals surface area contributed by atoms with Gasteiger partial charge in [-0.05, 0) is 34.8 Å².